The lowest BCUT2D eigenvalue weighted by Gasteiger charge is -2.42. The highest BCUT2D eigenvalue weighted by Crippen LogP contribution is 2.59. The van der Waals surface area contributed by atoms with Crippen LogP contribution in [0.25, 0.3) is 0 Å². The van der Waals surface area contributed by atoms with Crippen molar-refractivity contribution < 1.29 is 19.4 Å². The maximum absolute atomic E-state index is 12.5. The van der Waals surface area contributed by atoms with E-state index in [4.69, 9.17) is 9.47 Å². The van der Waals surface area contributed by atoms with Gasteiger partial charge in [-0.25, -0.2) is 0 Å². The fourth-order valence-corrected chi connectivity index (χ4v) is 4.58. The molecule has 2 N–H and O–H groups in total. The van der Waals surface area contributed by atoms with Crippen LogP contribution in [0.5, 0.6) is 11.5 Å². The van der Waals surface area contributed by atoms with Crippen LogP contribution >= 0.6 is 0 Å². The summed E-state index contributed by atoms with van der Waals surface area (Å²) in [4.78, 5) is 14.0. The van der Waals surface area contributed by atoms with Crippen LogP contribution < -0.4 is 14.8 Å². The second-order valence-corrected chi connectivity index (χ2v) is 8.87. The van der Waals surface area contributed by atoms with Gasteiger partial charge in [0.05, 0.1) is 12.1 Å². The molecule has 5 rings (SSSR count). The first kappa shape index (κ1) is 16.4. The summed E-state index contributed by atoms with van der Waals surface area (Å²) in [6, 6.07) is 4.16. The molecule has 140 valence electrons. The lowest BCUT2D eigenvalue weighted by molar-refractivity contribution is -0.145. The van der Waals surface area contributed by atoms with Crippen LogP contribution in [0.4, 0.5) is 0 Å². The van der Waals surface area contributed by atoms with Crippen molar-refractivity contribution in [2.75, 3.05) is 6.61 Å². The Morgan fingerprint density at radius 3 is 2.65 bits per heavy atom. The second kappa shape index (κ2) is 5.14. The third kappa shape index (κ3) is 2.21. The molecule has 0 radical (unpaired) electrons. The number of hydrogen-bond donors (Lipinski definition) is 2. The molecule has 1 saturated heterocycles. The van der Waals surface area contributed by atoms with Gasteiger partial charge in [0.2, 0.25) is 5.91 Å². The van der Waals surface area contributed by atoms with Crippen LogP contribution in [0.1, 0.15) is 50.7 Å². The summed E-state index contributed by atoms with van der Waals surface area (Å²) in [6.07, 6.45) is 3.00. The van der Waals surface area contributed by atoms with E-state index in [1.165, 1.54) is 24.0 Å². The number of nitrogens with zero attached hydrogens (tertiary/aromatic N) is 1. The summed E-state index contributed by atoms with van der Waals surface area (Å²) in [5, 5.41) is 13.1. The van der Waals surface area contributed by atoms with Gasteiger partial charge in [-0.15, -0.1) is 0 Å². The Balaban J connectivity index is 1.30. The lowest BCUT2D eigenvalue weighted by Crippen LogP contribution is -2.54. The minimum Gasteiger partial charge on any atom is -0.492 e. The molecule has 1 aromatic carbocycles. The van der Waals surface area contributed by atoms with E-state index in [-0.39, 0.29) is 23.5 Å². The van der Waals surface area contributed by atoms with Gasteiger partial charge < -0.3 is 14.6 Å². The monoisotopic (exact) mass is 358 g/mol. The molecule has 26 heavy (non-hydrogen) atoms. The van der Waals surface area contributed by atoms with E-state index in [1.54, 1.807) is 18.7 Å². The summed E-state index contributed by atoms with van der Waals surface area (Å²) in [6.45, 7) is 6.45. The van der Waals surface area contributed by atoms with Crippen molar-refractivity contribution in [2.45, 2.75) is 75.9 Å². The zero-order chi connectivity index (χ0) is 18.3. The van der Waals surface area contributed by atoms with Gasteiger partial charge in [-0.1, -0.05) is 6.07 Å². The number of aryl methyl sites for hydroxylation is 1. The SMILES string of the molecule is Cc1ccc(O[C@H]2C[C@H](N3C(=O)C(C)(C)NC3O)C2)c2c1OCC21CC1. The van der Waals surface area contributed by atoms with Crippen molar-refractivity contribution in [2.24, 2.45) is 0 Å². The van der Waals surface area contributed by atoms with Crippen LogP contribution in [-0.2, 0) is 10.2 Å². The standard InChI is InChI=1S/C20H26N2O4/c1-11-4-5-14(15-16(11)25-10-20(15)6-7-20)26-13-8-12(9-13)22-17(23)19(2,3)21-18(22)24/h4-5,12-13,18,21,24H,6-10H2,1-3H3/t12-,13-,18?. The van der Waals surface area contributed by atoms with Crippen molar-refractivity contribution in [3.05, 3.63) is 23.3 Å². The highest BCUT2D eigenvalue weighted by molar-refractivity contribution is 5.88. The molecule has 1 spiro atoms. The maximum atomic E-state index is 12.5. The molecule has 2 saturated carbocycles. The quantitative estimate of drug-likeness (QED) is 0.862. The summed E-state index contributed by atoms with van der Waals surface area (Å²) in [7, 11) is 0. The molecule has 1 amide bonds. The molecule has 2 aliphatic carbocycles. The molecule has 6 heteroatoms. The molecule has 1 atom stereocenters. The van der Waals surface area contributed by atoms with E-state index in [2.05, 4.69) is 24.4 Å². The van der Waals surface area contributed by atoms with E-state index >= 15 is 0 Å². The summed E-state index contributed by atoms with van der Waals surface area (Å²) in [5.74, 6) is 1.90. The van der Waals surface area contributed by atoms with Gasteiger partial charge in [-0.3, -0.25) is 15.0 Å². The van der Waals surface area contributed by atoms with Gasteiger partial charge in [-0.2, -0.15) is 0 Å². The molecule has 1 unspecified atom stereocenters. The first-order valence-electron chi connectivity index (χ1n) is 9.53. The summed E-state index contributed by atoms with van der Waals surface area (Å²) in [5.41, 5.74) is 1.89. The topological polar surface area (TPSA) is 71.0 Å². The number of benzene rings is 1. The van der Waals surface area contributed by atoms with Crippen molar-refractivity contribution in [3.8, 4) is 11.5 Å². The Kier molecular flexibility index (Phi) is 3.24. The molecule has 1 aromatic rings. The lowest BCUT2D eigenvalue weighted by atomic mass is 9.87. The first-order valence-corrected chi connectivity index (χ1v) is 9.53. The normalized spacial score (nSPS) is 33.0. The van der Waals surface area contributed by atoms with Crippen molar-refractivity contribution in [1.82, 2.24) is 10.2 Å². The third-order valence-electron chi connectivity index (χ3n) is 6.47. The highest BCUT2D eigenvalue weighted by Gasteiger charge is 2.54. The summed E-state index contributed by atoms with van der Waals surface area (Å²) >= 11 is 0. The number of carbonyl (C=O) groups is 1. The van der Waals surface area contributed by atoms with Crippen molar-refractivity contribution >= 4 is 5.91 Å². The molecular weight excluding hydrogens is 332 g/mol. The first-order chi connectivity index (χ1) is 12.3. The van der Waals surface area contributed by atoms with Crippen LogP contribution in [0, 0.1) is 6.92 Å². The molecule has 2 heterocycles. The number of carbonyl (C=O) groups excluding carboxylic acids is 1. The van der Waals surface area contributed by atoms with Crippen molar-refractivity contribution in [3.63, 3.8) is 0 Å². The average molecular weight is 358 g/mol. The van der Waals surface area contributed by atoms with Gasteiger partial charge >= 0.3 is 0 Å². The fraction of sp³-hybridized carbons (Fsp3) is 0.650. The van der Waals surface area contributed by atoms with Gasteiger partial charge in [0.25, 0.3) is 0 Å². The predicted octanol–water partition coefficient (Wildman–Crippen LogP) is 1.82. The Bertz CT molecular complexity index is 780. The van der Waals surface area contributed by atoms with Crippen LogP contribution in [0.2, 0.25) is 0 Å². The molecule has 3 fully saturated rings. The molecule has 0 aromatic heterocycles. The van der Waals surface area contributed by atoms with Gasteiger partial charge in [-0.05, 0) is 45.2 Å². The van der Waals surface area contributed by atoms with Crippen LogP contribution in [-0.4, -0.2) is 46.6 Å². The van der Waals surface area contributed by atoms with Crippen LogP contribution in [0.3, 0.4) is 0 Å². The minimum atomic E-state index is -0.907. The Labute approximate surface area is 153 Å². The summed E-state index contributed by atoms with van der Waals surface area (Å²) < 4.78 is 12.3. The van der Waals surface area contributed by atoms with E-state index in [9.17, 15) is 9.90 Å². The number of hydrogen-bond acceptors (Lipinski definition) is 5. The predicted molar refractivity (Wildman–Crippen MR) is 95.1 cm³/mol. The Hall–Kier alpha value is -1.79. The average Bonchev–Trinajstić information content (AvgIpc) is 3.15. The number of nitrogens with one attached hydrogen (secondary N) is 1. The Morgan fingerprint density at radius 1 is 1.31 bits per heavy atom. The van der Waals surface area contributed by atoms with Gasteiger partial charge in [0, 0.05) is 29.9 Å². The van der Waals surface area contributed by atoms with E-state index < -0.39 is 11.9 Å². The van der Waals surface area contributed by atoms with Crippen molar-refractivity contribution in [1.29, 1.82) is 0 Å². The molecule has 4 aliphatic rings. The van der Waals surface area contributed by atoms with Gasteiger partial charge in [0.1, 0.15) is 17.6 Å². The highest BCUT2D eigenvalue weighted by atomic mass is 16.5. The third-order valence-corrected chi connectivity index (χ3v) is 6.47. The van der Waals surface area contributed by atoms with Gasteiger partial charge in [0.15, 0.2) is 6.35 Å². The number of amides is 1. The fourth-order valence-electron chi connectivity index (χ4n) is 4.58. The number of aliphatic hydroxyl groups excluding tert-OH is 1. The molecule has 2 aliphatic heterocycles. The minimum absolute atomic E-state index is 0.0291. The number of aliphatic hydroxyl groups is 1. The smallest absolute Gasteiger partial charge is 0.245 e. The number of ether oxygens (including phenoxy) is 2. The number of fused-ring (bicyclic) bond motifs is 2. The largest absolute Gasteiger partial charge is 0.492 e. The number of rotatable bonds is 3. The molecular formula is C20H26N2O4. The zero-order valence-corrected chi connectivity index (χ0v) is 15.5. The molecule has 0 bridgehead atoms. The zero-order valence-electron chi connectivity index (χ0n) is 15.5. The van der Waals surface area contributed by atoms with Crippen LogP contribution in [0.15, 0.2) is 12.1 Å². The van der Waals surface area contributed by atoms with E-state index in [0.29, 0.717) is 0 Å². The maximum Gasteiger partial charge on any atom is 0.245 e. The van der Waals surface area contributed by atoms with E-state index in [0.717, 1.165) is 30.9 Å². The van der Waals surface area contributed by atoms with E-state index in [1.807, 2.05) is 0 Å². The molecule has 6 nitrogen and oxygen atoms in total. The second-order valence-electron chi connectivity index (χ2n) is 8.87. The Morgan fingerprint density at radius 2 is 2.04 bits per heavy atom.